The van der Waals surface area contributed by atoms with Crippen LogP contribution in [0.2, 0.25) is 0 Å². The second-order valence-corrected chi connectivity index (χ2v) is 7.47. The van der Waals surface area contributed by atoms with E-state index in [0.29, 0.717) is 6.61 Å². The Labute approximate surface area is 160 Å². The van der Waals surface area contributed by atoms with Gasteiger partial charge in [0.15, 0.2) is 0 Å². The molecule has 2 heterocycles. The average Bonchev–Trinajstić information content (AvgIpc) is 2.70. The highest BCUT2D eigenvalue weighted by molar-refractivity contribution is 5.74. The van der Waals surface area contributed by atoms with E-state index in [1.54, 1.807) is 0 Å². The number of urea groups is 1. The lowest BCUT2D eigenvalue weighted by molar-refractivity contribution is 0.181. The molecule has 1 unspecified atom stereocenters. The Hall–Kier alpha value is -2.53. The molecule has 5 nitrogen and oxygen atoms in total. The van der Waals surface area contributed by atoms with Crippen molar-refractivity contribution in [3.63, 3.8) is 0 Å². The van der Waals surface area contributed by atoms with Crippen LogP contribution in [0.1, 0.15) is 24.0 Å². The summed E-state index contributed by atoms with van der Waals surface area (Å²) in [7, 11) is 0. The van der Waals surface area contributed by atoms with Crippen molar-refractivity contribution in [1.82, 2.24) is 15.5 Å². The van der Waals surface area contributed by atoms with Gasteiger partial charge in [0.05, 0.1) is 6.04 Å². The summed E-state index contributed by atoms with van der Waals surface area (Å²) in [6, 6.07) is 18.8. The number of amides is 2. The van der Waals surface area contributed by atoms with Crippen LogP contribution in [-0.2, 0) is 13.0 Å². The topological polar surface area (TPSA) is 53.6 Å². The van der Waals surface area contributed by atoms with Gasteiger partial charge < -0.3 is 15.4 Å². The first-order chi connectivity index (χ1) is 13.3. The maximum atomic E-state index is 12.4. The zero-order chi connectivity index (χ0) is 18.5. The van der Waals surface area contributed by atoms with Crippen molar-refractivity contribution in [1.29, 1.82) is 0 Å². The lowest BCUT2D eigenvalue weighted by Crippen LogP contribution is -2.52. The lowest BCUT2D eigenvalue weighted by atomic mass is 10.0. The highest BCUT2D eigenvalue weighted by atomic mass is 16.5. The predicted molar refractivity (Wildman–Crippen MR) is 106 cm³/mol. The number of likely N-dealkylation sites (tertiary alicyclic amines) is 1. The van der Waals surface area contributed by atoms with Crippen LogP contribution in [-0.4, -0.2) is 42.7 Å². The third-order valence-corrected chi connectivity index (χ3v) is 5.39. The number of benzene rings is 2. The number of para-hydroxylation sites is 1. The summed E-state index contributed by atoms with van der Waals surface area (Å²) in [6.07, 6.45) is 2.80. The Balaban J connectivity index is 1.20. The van der Waals surface area contributed by atoms with E-state index in [-0.39, 0.29) is 18.1 Å². The molecule has 4 rings (SSSR count). The van der Waals surface area contributed by atoms with Crippen molar-refractivity contribution in [3.8, 4) is 5.75 Å². The van der Waals surface area contributed by atoms with Gasteiger partial charge in [-0.1, -0.05) is 48.5 Å². The van der Waals surface area contributed by atoms with Crippen molar-refractivity contribution in [2.24, 2.45) is 0 Å². The molecule has 1 fully saturated rings. The fourth-order valence-electron chi connectivity index (χ4n) is 3.91. The molecule has 0 spiro atoms. The minimum atomic E-state index is -0.0792. The summed E-state index contributed by atoms with van der Waals surface area (Å²) in [6.45, 7) is 3.54. The molecule has 2 amide bonds. The Morgan fingerprint density at radius 2 is 1.67 bits per heavy atom. The molecule has 2 N–H and O–H groups in total. The molecule has 142 valence electrons. The minimum absolute atomic E-state index is 0.0260. The zero-order valence-electron chi connectivity index (χ0n) is 15.6. The molecule has 1 saturated heterocycles. The van der Waals surface area contributed by atoms with Gasteiger partial charge in [-0.25, -0.2) is 4.79 Å². The normalized spacial score (nSPS) is 20.4. The van der Waals surface area contributed by atoms with E-state index >= 15 is 0 Å². The van der Waals surface area contributed by atoms with Crippen LogP contribution in [0.4, 0.5) is 4.79 Å². The van der Waals surface area contributed by atoms with Crippen molar-refractivity contribution in [2.45, 2.75) is 37.9 Å². The number of hydrogen-bond acceptors (Lipinski definition) is 3. The number of fused-ring (bicyclic) bond motifs is 1. The molecule has 0 radical (unpaired) electrons. The van der Waals surface area contributed by atoms with Crippen molar-refractivity contribution >= 4 is 6.03 Å². The van der Waals surface area contributed by atoms with Crippen molar-refractivity contribution < 1.29 is 9.53 Å². The molecule has 0 saturated carbocycles. The molecule has 0 aliphatic carbocycles. The summed E-state index contributed by atoms with van der Waals surface area (Å²) in [5, 5.41) is 6.21. The highest BCUT2D eigenvalue weighted by Gasteiger charge is 2.24. The van der Waals surface area contributed by atoms with E-state index < -0.39 is 0 Å². The summed E-state index contributed by atoms with van der Waals surface area (Å²) in [4.78, 5) is 14.8. The number of rotatable bonds is 4. The first-order valence-electron chi connectivity index (χ1n) is 9.80. The number of piperidine rings is 1. The van der Waals surface area contributed by atoms with Crippen LogP contribution in [0.5, 0.6) is 5.75 Å². The molecule has 2 aromatic carbocycles. The quantitative estimate of drug-likeness (QED) is 0.876. The van der Waals surface area contributed by atoms with E-state index in [9.17, 15) is 4.79 Å². The van der Waals surface area contributed by atoms with E-state index in [2.05, 4.69) is 45.9 Å². The Morgan fingerprint density at radius 3 is 2.48 bits per heavy atom. The largest absolute Gasteiger partial charge is 0.491 e. The van der Waals surface area contributed by atoms with Crippen molar-refractivity contribution in [3.05, 3.63) is 65.7 Å². The fourth-order valence-corrected chi connectivity index (χ4v) is 3.91. The number of carbonyl (C=O) groups excluding carboxylic acids is 1. The zero-order valence-corrected chi connectivity index (χ0v) is 15.6. The monoisotopic (exact) mass is 365 g/mol. The number of hydrogen-bond donors (Lipinski definition) is 2. The first kappa shape index (κ1) is 17.9. The van der Waals surface area contributed by atoms with Gasteiger partial charge in [-0.2, -0.15) is 0 Å². The molecule has 5 heteroatoms. The number of carbonyl (C=O) groups is 1. The standard InChI is InChI=1S/C22H27N3O2/c26-22(24-20-14-18-8-4-5-9-21(18)27-16-20)23-19-10-12-25(13-11-19)15-17-6-2-1-3-7-17/h1-9,19-20H,10-16H2,(H2,23,24,26). The van der Waals surface area contributed by atoms with Crippen LogP contribution in [0.25, 0.3) is 0 Å². The first-order valence-corrected chi connectivity index (χ1v) is 9.80. The summed E-state index contributed by atoms with van der Waals surface area (Å²) in [5.41, 5.74) is 2.50. The molecule has 27 heavy (non-hydrogen) atoms. The van der Waals surface area contributed by atoms with Crippen molar-refractivity contribution in [2.75, 3.05) is 19.7 Å². The van der Waals surface area contributed by atoms with Crippen LogP contribution >= 0.6 is 0 Å². The van der Waals surface area contributed by atoms with E-state index in [0.717, 1.165) is 50.2 Å². The van der Waals surface area contributed by atoms with E-state index in [1.165, 1.54) is 5.56 Å². The third-order valence-electron chi connectivity index (χ3n) is 5.39. The highest BCUT2D eigenvalue weighted by Crippen LogP contribution is 2.23. The summed E-state index contributed by atoms with van der Waals surface area (Å²) < 4.78 is 5.75. The number of nitrogens with one attached hydrogen (secondary N) is 2. The minimum Gasteiger partial charge on any atom is -0.491 e. The van der Waals surface area contributed by atoms with E-state index in [4.69, 9.17) is 4.74 Å². The molecule has 2 aliphatic heterocycles. The van der Waals surface area contributed by atoms with E-state index in [1.807, 2.05) is 24.3 Å². The Morgan fingerprint density at radius 1 is 0.963 bits per heavy atom. The van der Waals surface area contributed by atoms with Gasteiger partial charge in [0.2, 0.25) is 0 Å². The Kier molecular flexibility index (Phi) is 5.58. The average molecular weight is 365 g/mol. The molecule has 0 bridgehead atoms. The number of nitrogens with zero attached hydrogens (tertiary/aromatic N) is 1. The van der Waals surface area contributed by atoms with Gasteiger partial charge in [-0.3, -0.25) is 4.90 Å². The smallest absolute Gasteiger partial charge is 0.315 e. The third kappa shape index (κ3) is 4.80. The summed E-state index contributed by atoms with van der Waals surface area (Å²) >= 11 is 0. The SMILES string of the molecule is O=C(NC1CCN(Cc2ccccc2)CC1)NC1COc2ccccc2C1. The molecule has 1 atom stereocenters. The summed E-state index contributed by atoms with van der Waals surface area (Å²) in [5.74, 6) is 0.932. The van der Waals surface area contributed by atoms with Gasteiger partial charge in [-0.05, 0) is 36.5 Å². The maximum absolute atomic E-state index is 12.4. The molecule has 2 aromatic rings. The molecule has 2 aliphatic rings. The van der Waals surface area contributed by atoms with Crippen LogP contribution < -0.4 is 15.4 Å². The van der Waals surface area contributed by atoms with Gasteiger partial charge in [0.1, 0.15) is 12.4 Å². The van der Waals surface area contributed by atoms with Gasteiger partial charge >= 0.3 is 6.03 Å². The number of ether oxygens (including phenoxy) is 1. The molecular weight excluding hydrogens is 338 g/mol. The fraction of sp³-hybridized carbons (Fsp3) is 0.409. The molecule has 0 aromatic heterocycles. The predicted octanol–water partition coefficient (Wildman–Crippen LogP) is 2.95. The lowest BCUT2D eigenvalue weighted by Gasteiger charge is -2.33. The van der Waals surface area contributed by atoms with Gasteiger partial charge in [0.25, 0.3) is 0 Å². The second kappa shape index (κ2) is 8.44. The van der Waals surface area contributed by atoms with Gasteiger partial charge in [0, 0.05) is 25.7 Å². The maximum Gasteiger partial charge on any atom is 0.315 e. The van der Waals surface area contributed by atoms with Crippen LogP contribution in [0.3, 0.4) is 0 Å². The second-order valence-electron chi connectivity index (χ2n) is 7.47. The van der Waals surface area contributed by atoms with Gasteiger partial charge in [-0.15, -0.1) is 0 Å². The Bertz CT molecular complexity index is 757. The molecular formula is C22H27N3O2. The van der Waals surface area contributed by atoms with Crippen LogP contribution in [0, 0.1) is 0 Å². The van der Waals surface area contributed by atoms with Crippen LogP contribution in [0.15, 0.2) is 54.6 Å².